The summed E-state index contributed by atoms with van der Waals surface area (Å²) in [5, 5.41) is 5.08. The average Bonchev–Trinajstić information content (AvgIpc) is 3.45. The first kappa shape index (κ1) is 28.8. The standard InChI is InChI=1S/C48H41N/c1-32-27-33-9-8-14-40(28-33)48(32)46-16-7-6-15-44(46)45-26-25-43(31-47(45)48)49(42-24-21-35-11-3-5-13-38(35)30-42)41-22-19-36(20-23-41)39-18-17-34-10-2-4-12-37(34)29-39/h2-7,10-13,15-26,29-33,40H,8-9,14,27-28H2,1H3. The molecule has 0 saturated heterocycles. The third kappa shape index (κ3) is 4.45. The molecule has 0 aliphatic heterocycles. The lowest BCUT2D eigenvalue weighted by atomic mass is 9.51. The predicted octanol–water partition coefficient (Wildman–Crippen LogP) is 13.2. The fourth-order valence-corrected chi connectivity index (χ4v) is 10.4. The van der Waals surface area contributed by atoms with Gasteiger partial charge in [-0.25, -0.2) is 0 Å². The van der Waals surface area contributed by atoms with E-state index in [9.17, 15) is 0 Å². The molecule has 0 N–H and O–H groups in total. The molecular weight excluding hydrogens is 591 g/mol. The van der Waals surface area contributed by atoms with E-state index in [0.29, 0.717) is 11.8 Å². The SMILES string of the molecule is CC1CC2CCCC(C2)C12c1ccccc1-c1ccc(N(c3ccc(-c4ccc5ccccc5c4)cc3)c3ccc4ccccc4c3)cc12. The lowest BCUT2D eigenvalue weighted by molar-refractivity contribution is 0.0670. The van der Waals surface area contributed by atoms with Gasteiger partial charge in [0.2, 0.25) is 0 Å². The average molecular weight is 632 g/mol. The summed E-state index contributed by atoms with van der Waals surface area (Å²) in [5.41, 5.74) is 12.2. The number of benzene rings is 7. The van der Waals surface area contributed by atoms with Gasteiger partial charge in [0.05, 0.1) is 0 Å². The molecule has 1 heteroatoms. The molecular formula is C48H41N. The Bertz CT molecular complexity index is 2360. The molecule has 3 aliphatic carbocycles. The summed E-state index contributed by atoms with van der Waals surface area (Å²) in [5.74, 6) is 2.20. The predicted molar refractivity (Wildman–Crippen MR) is 207 cm³/mol. The maximum absolute atomic E-state index is 2.59. The number of hydrogen-bond acceptors (Lipinski definition) is 1. The first-order valence-electron chi connectivity index (χ1n) is 18.3. The molecule has 0 amide bonds. The summed E-state index contributed by atoms with van der Waals surface area (Å²) in [7, 11) is 0. The number of nitrogens with zero attached hydrogens (tertiary/aromatic N) is 1. The lowest BCUT2D eigenvalue weighted by Gasteiger charge is -2.53. The third-order valence-electron chi connectivity index (χ3n) is 12.5. The highest BCUT2D eigenvalue weighted by molar-refractivity contribution is 5.92. The molecule has 2 fully saturated rings. The maximum atomic E-state index is 2.59. The molecule has 7 aromatic carbocycles. The van der Waals surface area contributed by atoms with E-state index in [1.807, 2.05) is 0 Å². The molecule has 0 radical (unpaired) electrons. The van der Waals surface area contributed by atoms with Crippen molar-refractivity contribution in [2.24, 2.45) is 17.8 Å². The second-order valence-corrected chi connectivity index (χ2v) is 15.0. The summed E-state index contributed by atoms with van der Waals surface area (Å²) < 4.78 is 0. The molecule has 238 valence electrons. The van der Waals surface area contributed by atoms with E-state index >= 15 is 0 Å². The third-order valence-corrected chi connectivity index (χ3v) is 12.5. The van der Waals surface area contributed by atoms with Crippen LogP contribution in [0.3, 0.4) is 0 Å². The zero-order valence-corrected chi connectivity index (χ0v) is 28.1. The van der Waals surface area contributed by atoms with E-state index in [1.54, 1.807) is 11.1 Å². The van der Waals surface area contributed by atoms with Gasteiger partial charge in [0, 0.05) is 22.5 Å². The number of anilines is 3. The molecule has 49 heavy (non-hydrogen) atoms. The Morgan fingerprint density at radius 1 is 0.490 bits per heavy atom. The number of hydrogen-bond donors (Lipinski definition) is 0. The molecule has 1 nitrogen and oxygen atoms in total. The van der Waals surface area contributed by atoms with E-state index in [1.165, 1.54) is 93.0 Å². The quantitative estimate of drug-likeness (QED) is 0.187. The van der Waals surface area contributed by atoms with Gasteiger partial charge in [-0.1, -0.05) is 129 Å². The zero-order chi connectivity index (χ0) is 32.5. The normalized spacial score (nSPS) is 22.3. The Labute approximate surface area is 289 Å². The zero-order valence-electron chi connectivity index (χ0n) is 28.1. The largest absolute Gasteiger partial charge is 0.310 e. The number of fused-ring (bicyclic) bond motifs is 10. The minimum atomic E-state index is 0.0772. The molecule has 0 aromatic heterocycles. The molecule has 1 spiro atoms. The molecule has 2 saturated carbocycles. The van der Waals surface area contributed by atoms with E-state index < -0.39 is 0 Å². The van der Waals surface area contributed by atoms with Crippen molar-refractivity contribution >= 4 is 38.6 Å². The molecule has 3 aliphatic rings. The van der Waals surface area contributed by atoms with Crippen LogP contribution < -0.4 is 4.90 Å². The Morgan fingerprint density at radius 3 is 1.92 bits per heavy atom. The molecule has 7 aromatic rings. The molecule has 2 bridgehead atoms. The lowest BCUT2D eigenvalue weighted by Crippen LogP contribution is -2.48. The van der Waals surface area contributed by atoms with Crippen molar-refractivity contribution in [3.8, 4) is 22.3 Å². The fraction of sp³-hybridized carbons (Fsp3) is 0.208. The number of rotatable bonds is 4. The van der Waals surface area contributed by atoms with Gasteiger partial charge < -0.3 is 4.90 Å². The first-order chi connectivity index (χ1) is 24.2. The van der Waals surface area contributed by atoms with Crippen LogP contribution >= 0.6 is 0 Å². The van der Waals surface area contributed by atoms with E-state index in [2.05, 4.69) is 163 Å². The van der Waals surface area contributed by atoms with E-state index in [4.69, 9.17) is 0 Å². The highest BCUT2D eigenvalue weighted by Gasteiger charge is 2.55. The summed E-state index contributed by atoms with van der Waals surface area (Å²) in [4.78, 5) is 2.49. The van der Waals surface area contributed by atoms with E-state index in [0.717, 1.165) is 5.92 Å². The van der Waals surface area contributed by atoms with Crippen LogP contribution in [0, 0.1) is 17.8 Å². The van der Waals surface area contributed by atoms with Gasteiger partial charge in [0.25, 0.3) is 0 Å². The Morgan fingerprint density at radius 2 is 1.10 bits per heavy atom. The van der Waals surface area contributed by atoms with Crippen LogP contribution in [0.4, 0.5) is 17.1 Å². The smallest absolute Gasteiger partial charge is 0.0468 e. The summed E-state index contributed by atoms with van der Waals surface area (Å²) in [6, 6.07) is 57.1. The summed E-state index contributed by atoms with van der Waals surface area (Å²) >= 11 is 0. The van der Waals surface area contributed by atoms with Crippen molar-refractivity contribution < 1.29 is 0 Å². The maximum Gasteiger partial charge on any atom is 0.0468 e. The van der Waals surface area contributed by atoms with Gasteiger partial charge in [-0.3, -0.25) is 0 Å². The van der Waals surface area contributed by atoms with Crippen molar-refractivity contribution in [1.29, 1.82) is 0 Å². The van der Waals surface area contributed by atoms with E-state index in [-0.39, 0.29) is 5.41 Å². The van der Waals surface area contributed by atoms with Crippen LogP contribution in [-0.2, 0) is 5.41 Å². The monoisotopic (exact) mass is 631 g/mol. The highest BCUT2D eigenvalue weighted by atomic mass is 15.1. The first-order valence-corrected chi connectivity index (χ1v) is 18.3. The van der Waals surface area contributed by atoms with Gasteiger partial charge in [0.1, 0.15) is 0 Å². The van der Waals surface area contributed by atoms with Crippen molar-refractivity contribution in [3.05, 3.63) is 163 Å². The highest BCUT2D eigenvalue weighted by Crippen LogP contribution is 2.64. The van der Waals surface area contributed by atoms with Crippen molar-refractivity contribution in [1.82, 2.24) is 0 Å². The van der Waals surface area contributed by atoms with Crippen molar-refractivity contribution in [2.75, 3.05) is 4.90 Å². The minimum absolute atomic E-state index is 0.0772. The molecule has 4 atom stereocenters. The minimum Gasteiger partial charge on any atom is -0.310 e. The molecule has 4 unspecified atom stereocenters. The van der Waals surface area contributed by atoms with Gasteiger partial charge >= 0.3 is 0 Å². The summed E-state index contributed by atoms with van der Waals surface area (Å²) in [6.45, 7) is 2.57. The van der Waals surface area contributed by atoms with Gasteiger partial charge in [0.15, 0.2) is 0 Å². The molecule has 0 heterocycles. The Balaban J connectivity index is 1.14. The topological polar surface area (TPSA) is 3.24 Å². The Kier molecular flexibility index (Phi) is 6.60. The fourth-order valence-electron chi connectivity index (χ4n) is 10.4. The molecule has 10 rings (SSSR count). The van der Waals surface area contributed by atoms with Gasteiger partial charge in [-0.05, 0) is 134 Å². The van der Waals surface area contributed by atoms with Crippen LogP contribution in [0.2, 0.25) is 0 Å². The van der Waals surface area contributed by atoms with Gasteiger partial charge in [-0.2, -0.15) is 0 Å². The van der Waals surface area contributed by atoms with Gasteiger partial charge in [-0.15, -0.1) is 0 Å². The second kappa shape index (κ2) is 11.2. The van der Waals surface area contributed by atoms with Crippen molar-refractivity contribution in [2.45, 2.75) is 44.4 Å². The van der Waals surface area contributed by atoms with Crippen molar-refractivity contribution in [3.63, 3.8) is 0 Å². The van der Waals surface area contributed by atoms with Crippen LogP contribution in [0.25, 0.3) is 43.8 Å². The van der Waals surface area contributed by atoms with Crippen LogP contribution in [0.15, 0.2) is 152 Å². The second-order valence-electron chi connectivity index (χ2n) is 15.0. The summed E-state index contributed by atoms with van der Waals surface area (Å²) in [6.07, 6.45) is 6.82. The van der Waals surface area contributed by atoms with Crippen LogP contribution in [0.5, 0.6) is 0 Å². The Hall–Kier alpha value is -5.14. The van der Waals surface area contributed by atoms with Crippen LogP contribution in [0.1, 0.15) is 50.2 Å². The van der Waals surface area contributed by atoms with Crippen LogP contribution in [-0.4, -0.2) is 0 Å².